The maximum atomic E-state index is 12.3. The molecule has 7 nitrogen and oxygen atoms in total. The molecule has 0 saturated carbocycles. The van der Waals surface area contributed by atoms with E-state index in [9.17, 15) is 4.79 Å². The zero-order chi connectivity index (χ0) is 15.8. The minimum Gasteiger partial charge on any atom is -0.475 e. The van der Waals surface area contributed by atoms with Crippen LogP contribution in [0.4, 0.5) is 0 Å². The second-order valence-corrected chi connectivity index (χ2v) is 5.16. The highest BCUT2D eigenvalue weighted by Crippen LogP contribution is 2.14. The molecule has 1 saturated heterocycles. The number of amides is 1. The van der Waals surface area contributed by atoms with E-state index < -0.39 is 0 Å². The van der Waals surface area contributed by atoms with Gasteiger partial charge in [-0.05, 0) is 19.2 Å². The first-order chi connectivity index (χ1) is 10.7. The molecule has 0 unspecified atom stereocenters. The standard InChI is InChI=1S/C15H23N3O4/c1-18-6-7-21-12(11-18)10-17-14(19)13-4-3-5-16-15(13)22-9-8-20-2/h3-5,12H,6-11H2,1-2H3,(H,17,19)/t12-/m0/s1. The number of ether oxygens (including phenoxy) is 3. The molecule has 0 aliphatic carbocycles. The van der Waals surface area contributed by atoms with Crippen LogP contribution in [0, 0.1) is 0 Å². The van der Waals surface area contributed by atoms with E-state index in [1.165, 1.54) is 0 Å². The third kappa shape index (κ3) is 4.94. The molecule has 0 spiro atoms. The van der Waals surface area contributed by atoms with Gasteiger partial charge in [-0.25, -0.2) is 4.98 Å². The van der Waals surface area contributed by atoms with Crippen LogP contribution in [0.15, 0.2) is 18.3 Å². The van der Waals surface area contributed by atoms with Gasteiger partial charge in [0.2, 0.25) is 5.88 Å². The molecule has 0 aromatic carbocycles. The lowest BCUT2D eigenvalue weighted by Crippen LogP contribution is -2.46. The van der Waals surface area contributed by atoms with Crippen molar-refractivity contribution >= 4 is 5.91 Å². The van der Waals surface area contributed by atoms with Gasteiger partial charge in [0.1, 0.15) is 12.2 Å². The first-order valence-corrected chi connectivity index (χ1v) is 7.36. The van der Waals surface area contributed by atoms with Crippen molar-refractivity contribution in [1.29, 1.82) is 0 Å². The molecule has 2 rings (SSSR count). The molecule has 1 fully saturated rings. The van der Waals surface area contributed by atoms with Crippen molar-refractivity contribution in [2.24, 2.45) is 0 Å². The lowest BCUT2D eigenvalue weighted by atomic mass is 10.2. The van der Waals surface area contributed by atoms with Gasteiger partial charge < -0.3 is 24.4 Å². The van der Waals surface area contributed by atoms with E-state index in [-0.39, 0.29) is 12.0 Å². The number of nitrogens with one attached hydrogen (secondary N) is 1. The van der Waals surface area contributed by atoms with Gasteiger partial charge in [0, 0.05) is 32.9 Å². The smallest absolute Gasteiger partial charge is 0.256 e. The minimum atomic E-state index is -0.211. The van der Waals surface area contributed by atoms with Crippen LogP contribution in [0.25, 0.3) is 0 Å². The quantitative estimate of drug-likeness (QED) is 0.724. The van der Waals surface area contributed by atoms with Crippen LogP contribution in [-0.4, -0.2) is 75.5 Å². The number of rotatable bonds is 7. The molecule has 1 aromatic rings. The summed E-state index contributed by atoms with van der Waals surface area (Å²) in [5.41, 5.74) is 0.419. The topological polar surface area (TPSA) is 72.9 Å². The van der Waals surface area contributed by atoms with Gasteiger partial charge in [0.15, 0.2) is 0 Å². The highest BCUT2D eigenvalue weighted by molar-refractivity contribution is 5.96. The van der Waals surface area contributed by atoms with E-state index in [0.29, 0.717) is 37.8 Å². The van der Waals surface area contributed by atoms with Crippen molar-refractivity contribution < 1.29 is 19.0 Å². The fourth-order valence-electron chi connectivity index (χ4n) is 2.19. The van der Waals surface area contributed by atoms with Crippen LogP contribution in [-0.2, 0) is 9.47 Å². The Morgan fingerprint density at radius 1 is 1.55 bits per heavy atom. The molecular weight excluding hydrogens is 286 g/mol. The fraction of sp³-hybridized carbons (Fsp3) is 0.600. The first-order valence-electron chi connectivity index (χ1n) is 7.36. The Kier molecular flexibility index (Phi) is 6.57. The van der Waals surface area contributed by atoms with E-state index in [4.69, 9.17) is 14.2 Å². The van der Waals surface area contributed by atoms with Crippen LogP contribution in [0.2, 0.25) is 0 Å². The van der Waals surface area contributed by atoms with Crippen LogP contribution in [0.5, 0.6) is 5.88 Å². The van der Waals surface area contributed by atoms with Gasteiger partial charge in [-0.15, -0.1) is 0 Å². The van der Waals surface area contributed by atoms with Crippen LogP contribution < -0.4 is 10.1 Å². The largest absolute Gasteiger partial charge is 0.475 e. The van der Waals surface area contributed by atoms with Crippen LogP contribution in [0.3, 0.4) is 0 Å². The lowest BCUT2D eigenvalue weighted by molar-refractivity contribution is -0.0175. The van der Waals surface area contributed by atoms with E-state index in [1.807, 2.05) is 7.05 Å². The number of pyridine rings is 1. The normalized spacial score (nSPS) is 18.9. The maximum Gasteiger partial charge on any atom is 0.256 e. The highest BCUT2D eigenvalue weighted by Gasteiger charge is 2.20. The van der Waals surface area contributed by atoms with Crippen molar-refractivity contribution in [2.75, 3.05) is 53.6 Å². The van der Waals surface area contributed by atoms with E-state index in [0.717, 1.165) is 13.1 Å². The summed E-state index contributed by atoms with van der Waals surface area (Å²) in [5, 5.41) is 2.88. The van der Waals surface area contributed by atoms with Crippen molar-refractivity contribution in [2.45, 2.75) is 6.10 Å². The summed E-state index contributed by atoms with van der Waals surface area (Å²) >= 11 is 0. The summed E-state index contributed by atoms with van der Waals surface area (Å²) in [6.07, 6.45) is 1.61. The predicted octanol–water partition coefficient (Wildman–Crippen LogP) is 0.167. The molecule has 122 valence electrons. The van der Waals surface area contributed by atoms with Gasteiger partial charge >= 0.3 is 0 Å². The van der Waals surface area contributed by atoms with Crippen molar-refractivity contribution in [1.82, 2.24) is 15.2 Å². The van der Waals surface area contributed by atoms with E-state index in [2.05, 4.69) is 15.2 Å². The Hall–Kier alpha value is -1.70. The van der Waals surface area contributed by atoms with Crippen molar-refractivity contribution in [3.8, 4) is 5.88 Å². The third-order valence-electron chi connectivity index (χ3n) is 3.37. The SMILES string of the molecule is COCCOc1ncccc1C(=O)NC[C@H]1CN(C)CCO1. The molecule has 1 amide bonds. The second-order valence-electron chi connectivity index (χ2n) is 5.16. The lowest BCUT2D eigenvalue weighted by Gasteiger charge is -2.30. The Morgan fingerprint density at radius 3 is 3.18 bits per heavy atom. The van der Waals surface area contributed by atoms with E-state index >= 15 is 0 Å². The third-order valence-corrected chi connectivity index (χ3v) is 3.37. The second kappa shape index (κ2) is 8.67. The number of likely N-dealkylation sites (N-methyl/N-ethyl adjacent to an activating group) is 1. The summed E-state index contributed by atoms with van der Waals surface area (Å²) in [7, 11) is 3.64. The molecule has 0 radical (unpaired) electrons. The summed E-state index contributed by atoms with van der Waals surface area (Å²) < 4.78 is 16.0. The van der Waals surface area contributed by atoms with E-state index in [1.54, 1.807) is 25.4 Å². The summed E-state index contributed by atoms with van der Waals surface area (Å²) in [6, 6.07) is 3.40. The Labute approximate surface area is 130 Å². The molecule has 1 aromatic heterocycles. The molecule has 22 heavy (non-hydrogen) atoms. The van der Waals surface area contributed by atoms with Crippen LogP contribution in [0.1, 0.15) is 10.4 Å². The molecule has 1 atom stereocenters. The molecule has 1 aliphatic rings. The number of hydrogen-bond acceptors (Lipinski definition) is 6. The first kappa shape index (κ1) is 16.7. The molecule has 2 heterocycles. The number of hydrogen-bond donors (Lipinski definition) is 1. The van der Waals surface area contributed by atoms with Gasteiger partial charge in [-0.1, -0.05) is 0 Å². The van der Waals surface area contributed by atoms with Gasteiger partial charge in [-0.2, -0.15) is 0 Å². The molecule has 1 N–H and O–H groups in total. The maximum absolute atomic E-state index is 12.3. The number of methoxy groups -OCH3 is 1. The summed E-state index contributed by atoms with van der Waals surface area (Å²) in [6.45, 7) is 3.68. The zero-order valence-electron chi connectivity index (χ0n) is 13.1. The average Bonchev–Trinajstić information content (AvgIpc) is 2.53. The fourth-order valence-corrected chi connectivity index (χ4v) is 2.19. The van der Waals surface area contributed by atoms with Gasteiger partial charge in [0.05, 0.1) is 19.3 Å². The van der Waals surface area contributed by atoms with Gasteiger partial charge in [-0.3, -0.25) is 4.79 Å². The van der Waals surface area contributed by atoms with Crippen molar-refractivity contribution in [3.63, 3.8) is 0 Å². The molecule has 7 heteroatoms. The van der Waals surface area contributed by atoms with Gasteiger partial charge in [0.25, 0.3) is 5.91 Å². The number of morpholine rings is 1. The molecule has 0 bridgehead atoms. The zero-order valence-corrected chi connectivity index (χ0v) is 13.1. The Bertz CT molecular complexity index is 484. The highest BCUT2D eigenvalue weighted by atomic mass is 16.5. The Balaban J connectivity index is 1.88. The van der Waals surface area contributed by atoms with Crippen LogP contribution >= 0.6 is 0 Å². The Morgan fingerprint density at radius 2 is 2.41 bits per heavy atom. The minimum absolute atomic E-state index is 0.0113. The number of carbonyl (C=O) groups is 1. The molecule has 1 aliphatic heterocycles. The number of carbonyl (C=O) groups excluding carboxylic acids is 1. The number of nitrogens with zero attached hydrogens (tertiary/aromatic N) is 2. The predicted molar refractivity (Wildman–Crippen MR) is 81.2 cm³/mol. The van der Waals surface area contributed by atoms with Crippen molar-refractivity contribution in [3.05, 3.63) is 23.9 Å². The summed E-state index contributed by atoms with van der Waals surface area (Å²) in [4.78, 5) is 18.6. The average molecular weight is 309 g/mol. The number of aromatic nitrogens is 1. The molecular formula is C15H23N3O4. The monoisotopic (exact) mass is 309 g/mol. The summed E-state index contributed by atoms with van der Waals surface area (Å²) in [5.74, 6) is 0.107.